The van der Waals surface area contributed by atoms with E-state index in [0.29, 0.717) is 23.3 Å². The fraction of sp³-hybridized carbons (Fsp3) is 0.625. The molecule has 2 N–H and O–H groups in total. The van der Waals surface area contributed by atoms with Crippen LogP contribution >= 0.6 is 0 Å². The summed E-state index contributed by atoms with van der Waals surface area (Å²) in [5.74, 6) is 1.70. The largest absolute Gasteiger partial charge is 0.507 e. The first-order valence-corrected chi connectivity index (χ1v) is 13.9. The van der Waals surface area contributed by atoms with Gasteiger partial charge in [0.05, 0.1) is 0 Å². The molecule has 0 bridgehead atoms. The first-order chi connectivity index (χ1) is 16.2. The molecule has 0 radical (unpaired) electrons. The molecule has 0 aliphatic carbocycles. The van der Waals surface area contributed by atoms with E-state index in [2.05, 4.69) is 52.0 Å². The van der Waals surface area contributed by atoms with E-state index < -0.39 is 0 Å². The minimum atomic E-state index is 0.369. The summed E-state index contributed by atoms with van der Waals surface area (Å²) in [4.78, 5) is 0. The standard InChI is InChI=1S/C32H50O2/c1-23(2)29-21-27(19-25(5)31(29)33)17-15-13-11-9-7-8-10-12-14-16-18-28-20-26(6)32(34)30(22-28)24(3)4/h19-24,33-34H,7-18H2,1-6H3. The highest BCUT2D eigenvalue weighted by Crippen LogP contribution is 2.31. The van der Waals surface area contributed by atoms with Gasteiger partial charge >= 0.3 is 0 Å². The number of aromatic hydroxyl groups is 2. The summed E-state index contributed by atoms with van der Waals surface area (Å²) in [5, 5.41) is 20.5. The second-order valence-corrected chi connectivity index (χ2v) is 11.0. The highest BCUT2D eigenvalue weighted by Gasteiger charge is 2.11. The number of phenols is 2. The summed E-state index contributed by atoms with van der Waals surface area (Å²) in [6.45, 7) is 12.6. The van der Waals surface area contributed by atoms with Gasteiger partial charge in [-0.25, -0.2) is 0 Å². The van der Waals surface area contributed by atoms with Crippen LogP contribution in [-0.2, 0) is 12.8 Å². The summed E-state index contributed by atoms with van der Waals surface area (Å²) < 4.78 is 0. The van der Waals surface area contributed by atoms with Gasteiger partial charge in [-0.2, -0.15) is 0 Å². The van der Waals surface area contributed by atoms with E-state index in [9.17, 15) is 10.2 Å². The molecule has 190 valence electrons. The van der Waals surface area contributed by atoms with Gasteiger partial charge in [0.25, 0.3) is 0 Å². The van der Waals surface area contributed by atoms with Crippen LogP contribution in [0.15, 0.2) is 24.3 Å². The maximum Gasteiger partial charge on any atom is 0.121 e. The van der Waals surface area contributed by atoms with Gasteiger partial charge in [-0.05, 0) is 84.7 Å². The number of hydrogen-bond donors (Lipinski definition) is 2. The fourth-order valence-electron chi connectivity index (χ4n) is 5.01. The Morgan fingerprint density at radius 1 is 0.500 bits per heavy atom. The average Bonchev–Trinajstić information content (AvgIpc) is 2.78. The molecule has 0 unspecified atom stereocenters. The Morgan fingerprint density at radius 2 is 0.794 bits per heavy atom. The van der Waals surface area contributed by atoms with Crippen molar-refractivity contribution >= 4 is 0 Å². The maximum absolute atomic E-state index is 10.2. The third-order valence-electron chi connectivity index (χ3n) is 7.20. The normalized spacial score (nSPS) is 11.6. The minimum Gasteiger partial charge on any atom is -0.507 e. The molecule has 0 spiro atoms. The molecule has 2 rings (SSSR count). The zero-order valence-corrected chi connectivity index (χ0v) is 22.8. The number of phenolic OH excluding ortho intramolecular Hbond substituents is 2. The maximum atomic E-state index is 10.2. The van der Waals surface area contributed by atoms with Crippen LogP contribution in [0.1, 0.15) is 137 Å². The Labute approximate surface area is 209 Å². The van der Waals surface area contributed by atoms with E-state index in [1.807, 2.05) is 13.8 Å². The Hall–Kier alpha value is -1.96. The molecule has 0 aliphatic heterocycles. The molecule has 0 saturated heterocycles. The monoisotopic (exact) mass is 466 g/mol. The molecular weight excluding hydrogens is 416 g/mol. The van der Waals surface area contributed by atoms with Crippen LogP contribution in [-0.4, -0.2) is 10.2 Å². The van der Waals surface area contributed by atoms with Crippen molar-refractivity contribution in [3.8, 4) is 11.5 Å². The van der Waals surface area contributed by atoms with E-state index in [1.54, 1.807) is 0 Å². The van der Waals surface area contributed by atoms with Crippen molar-refractivity contribution < 1.29 is 10.2 Å². The van der Waals surface area contributed by atoms with Gasteiger partial charge in [-0.3, -0.25) is 0 Å². The highest BCUT2D eigenvalue weighted by atomic mass is 16.3. The molecule has 34 heavy (non-hydrogen) atoms. The third-order valence-corrected chi connectivity index (χ3v) is 7.20. The topological polar surface area (TPSA) is 40.5 Å². The summed E-state index contributed by atoms with van der Waals surface area (Å²) in [6, 6.07) is 8.73. The highest BCUT2D eigenvalue weighted by molar-refractivity contribution is 5.45. The Morgan fingerprint density at radius 3 is 1.09 bits per heavy atom. The molecular formula is C32H50O2. The first kappa shape index (κ1) is 28.3. The summed E-state index contributed by atoms with van der Waals surface area (Å²) >= 11 is 0. The molecule has 0 aromatic heterocycles. The van der Waals surface area contributed by atoms with Gasteiger partial charge in [0.1, 0.15) is 11.5 Å². The van der Waals surface area contributed by atoms with Gasteiger partial charge in [-0.15, -0.1) is 0 Å². The fourth-order valence-corrected chi connectivity index (χ4v) is 5.01. The van der Waals surface area contributed by atoms with Crippen LogP contribution in [0.25, 0.3) is 0 Å². The molecule has 0 amide bonds. The predicted molar refractivity (Wildman–Crippen MR) is 147 cm³/mol. The van der Waals surface area contributed by atoms with Crippen molar-refractivity contribution in [3.05, 3.63) is 57.6 Å². The zero-order chi connectivity index (χ0) is 25.1. The van der Waals surface area contributed by atoms with Gasteiger partial charge in [-0.1, -0.05) is 103 Å². The molecule has 0 heterocycles. The number of aryl methyl sites for hydroxylation is 4. The van der Waals surface area contributed by atoms with Gasteiger partial charge < -0.3 is 10.2 Å². The minimum absolute atomic E-state index is 0.369. The lowest BCUT2D eigenvalue weighted by molar-refractivity contribution is 0.459. The zero-order valence-electron chi connectivity index (χ0n) is 22.8. The Kier molecular flexibility index (Phi) is 12.0. The summed E-state index contributed by atoms with van der Waals surface area (Å²) in [5.41, 5.74) is 6.96. The van der Waals surface area contributed by atoms with E-state index in [4.69, 9.17) is 0 Å². The van der Waals surface area contributed by atoms with Crippen molar-refractivity contribution in [1.82, 2.24) is 0 Å². The lowest BCUT2D eigenvalue weighted by Crippen LogP contribution is -1.95. The molecule has 0 fully saturated rings. The second-order valence-electron chi connectivity index (χ2n) is 11.0. The van der Waals surface area contributed by atoms with E-state index in [1.165, 1.54) is 75.3 Å². The van der Waals surface area contributed by atoms with Crippen LogP contribution in [0.2, 0.25) is 0 Å². The Balaban J connectivity index is 1.52. The van der Waals surface area contributed by atoms with Crippen molar-refractivity contribution in [2.45, 2.75) is 130 Å². The third kappa shape index (κ3) is 9.01. The SMILES string of the molecule is Cc1cc(CCCCCCCCCCCCc2cc(C)c(O)c(C(C)C)c2)cc(C(C)C)c1O. The quantitative estimate of drug-likeness (QED) is 0.256. The summed E-state index contributed by atoms with van der Waals surface area (Å²) in [6.07, 6.45) is 15.5. The molecule has 2 aromatic carbocycles. The van der Waals surface area contributed by atoms with Gasteiger partial charge in [0.15, 0.2) is 0 Å². The molecule has 2 heteroatoms. The predicted octanol–water partition coefficient (Wildman–Crippen LogP) is 9.65. The Bertz CT molecular complexity index is 806. The van der Waals surface area contributed by atoms with Gasteiger partial charge in [0.2, 0.25) is 0 Å². The van der Waals surface area contributed by atoms with E-state index in [-0.39, 0.29) is 0 Å². The van der Waals surface area contributed by atoms with E-state index in [0.717, 1.165) is 35.1 Å². The van der Waals surface area contributed by atoms with E-state index >= 15 is 0 Å². The van der Waals surface area contributed by atoms with Crippen molar-refractivity contribution in [2.75, 3.05) is 0 Å². The summed E-state index contributed by atoms with van der Waals surface area (Å²) in [7, 11) is 0. The average molecular weight is 467 g/mol. The van der Waals surface area contributed by atoms with Crippen LogP contribution in [0.3, 0.4) is 0 Å². The molecule has 2 aromatic rings. The lowest BCUT2D eigenvalue weighted by Gasteiger charge is -2.13. The number of unbranched alkanes of at least 4 members (excludes halogenated alkanes) is 9. The molecule has 0 atom stereocenters. The van der Waals surface area contributed by atoms with Crippen molar-refractivity contribution in [1.29, 1.82) is 0 Å². The lowest BCUT2D eigenvalue weighted by atomic mass is 9.94. The first-order valence-electron chi connectivity index (χ1n) is 13.9. The number of hydrogen-bond acceptors (Lipinski definition) is 2. The van der Waals surface area contributed by atoms with Crippen LogP contribution in [0.4, 0.5) is 0 Å². The van der Waals surface area contributed by atoms with Crippen LogP contribution in [0.5, 0.6) is 11.5 Å². The molecule has 0 aliphatic rings. The molecule has 2 nitrogen and oxygen atoms in total. The number of rotatable bonds is 15. The van der Waals surface area contributed by atoms with Crippen molar-refractivity contribution in [3.63, 3.8) is 0 Å². The second kappa shape index (κ2) is 14.4. The van der Waals surface area contributed by atoms with Crippen molar-refractivity contribution in [2.24, 2.45) is 0 Å². The number of benzene rings is 2. The van der Waals surface area contributed by atoms with Crippen LogP contribution < -0.4 is 0 Å². The molecule has 0 saturated carbocycles. The van der Waals surface area contributed by atoms with Crippen LogP contribution in [0, 0.1) is 13.8 Å². The van der Waals surface area contributed by atoms with Gasteiger partial charge in [0, 0.05) is 0 Å². The smallest absolute Gasteiger partial charge is 0.121 e.